The average Bonchev–Trinajstić information content (AvgIpc) is 3.42. The second-order valence-electron chi connectivity index (χ2n) is 8.25. The van der Waals surface area contributed by atoms with Crippen molar-refractivity contribution in [2.75, 3.05) is 5.73 Å². The van der Waals surface area contributed by atoms with Gasteiger partial charge in [-0.3, -0.25) is 9.59 Å². The van der Waals surface area contributed by atoms with Gasteiger partial charge in [0.05, 0.1) is 6.04 Å². The van der Waals surface area contributed by atoms with Crippen molar-refractivity contribution in [3.8, 4) is 11.3 Å². The number of rotatable bonds is 6. The number of primary amides is 1. The van der Waals surface area contributed by atoms with Crippen LogP contribution < -0.4 is 16.8 Å². The van der Waals surface area contributed by atoms with Crippen LogP contribution in [-0.4, -0.2) is 21.6 Å². The topological polar surface area (TPSA) is 116 Å². The maximum absolute atomic E-state index is 15.1. The maximum atomic E-state index is 15.1. The Hall–Kier alpha value is -3.75. The molecule has 0 spiro atoms. The number of aromatic nitrogens is 2. The first-order valence-corrected chi connectivity index (χ1v) is 10.8. The minimum absolute atomic E-state index is 0.0133. The van der Waals surface area contributed by atoms with Gasteiger partial charge in [0.2, 0.25) is 0 Å². The van der Waals surface area contributed by atoms with Gasteiger partial charge in [0, 0.05) is 23.2 Å². The molecule has 5 N–H and O–H groups in total. The van der Waals surface area contributed by atoms with Gasteiger partial charge in [-0.2, -0.15) is 5.10 Å². The number of aryl methyl sites for hydroxylation is 1. The number of carbonyl (C=O) groups is 2. The van der Waals surface area contributed by atoms with E-state index in [1.807, 2.05) is 0 Å². The summed E-state index contributed by atoms with van der Waals surface area (Å²) >= 11 is 0. The first-order chi connectivity index (χ1) is 15.8. The highest BCUT2D eigenvalue weighted by Crippen LogP contribution is 2.36. The van der Waals surface area contributed by atoms with Gasteiger partial charge in [-0.1, -0.05) is 37.1 Å². The second-order valence-corrected chi connectivity index (χ2v) is 8.25. The number of nitrogen functional groups attached to an aromatic ring is 1. The summed E-state index contributed by atoms with van der Waals surface area (Å²) in [5, 5.41) is 6.96. The van der Waals surface area contributed by atoms with Crippen molar-refractivity contribution >= 4 is 17.6 Å². The number of nitrogens with two attached hydrogens (primary N) is 2. The van der Waals surface area contributed by atoms with Crippen LogP contribution in [0, 0.1) is 18.6 Å². The van der Waals surface area contributed by atoms with Crippen LogP contribution >= 0.6 is 0 Å². The third-order valence-corrected chi connectivity index (χ3v) is 6.11. The fourth-order valence-corrected chi connectivity index (χ4v) is 4.31. The van der Waals surface area contributed by atoms with Gasteiger partial charge >= 0.3 is 0 Å². The Kier molecular flexibility index (Phi) is 6.13. The minimum Gasteiger partial charge on any atom is -0.383 e. The highest BCUT2D eigenvalue weighted by Gasteiger charge is 2.29. The smallest absolute Gasteiger partial charge is 0.254 e. The van der Waals surface area contributed by atoms with Crippen molar-refractivity contribution in [3.63, 3.8) is 0 Å². The van der Waals surface area contributed by atoms with Gasteiger partial charge in [0.15, 0.2) is 11.6 Å². The number of hydrogen-bond acceptors (Lipinski definition) is 4. The Morgan fingerprint density at radius 2 is 1.82 bits per heavy atom. The monoisotopic (exact) mass is 453 g/mol. The molecule has 0 aliphatic heterocycles. The average molecular weight is 453 g/mol. The first-order valence-electron chi connectivity index (χ1n) is 10.8. The number of hydrogen-bond donors (Lipinski definition) is 3. The van der Waals surface area contributed by atoms with E-state index in [1.165, 1.54) is 16.8 Å². The number of anilines is 1. The predicted molar refractivity (Wildman–Crippen MR) is 120 cm³/mol. The SMILES string of the molecule is Cc1ccccc1C(=O)NCc1ccc(-c2nn(C3CCCC3)c(N)c2C(N)=O)c(F)c1F. The molecule has 1 aliphatic carbocycles. The van der Waals surface area contributed by atoms with Crippen molar-refractivity contribution in [3.05, 3.63) is 70.3 Å². The molecular formula is C24H25F2N5O2. The summed E-state index contributed by atoms with van der Waals surface area (Å²) in [6, 6.07) is 9.63. The van der Waals surface area contributed by atoms with E-state index in [-0.39, 0.29) is 40.8 Å². The highest BCUT2D eigenvalue weighted by molar-refractivity contribution is 6.03. The molecule has 1 heterocycles. The Morgan fingerprint density at radius 1 is 1.12 bits per heavy atom. The molecule has 2 aromatic carbocycles. The van der Waals surface area contributed by atoms with Crippen molar-refractivity contribution in [2.24, 2.45) is 5.73 Å². The lowest BCUT2D eigenvalue weighted by Gasteiger charge is -2.11. The van der Waals surface area contributed by atoms with Crippen LogP contribution in [0.5, 0.6) is 0 Å². The third-order valence-electron chi connectivity index (χ3n) is 6.11. The van der Waals surface area contributed by atoms with Crippen molar-refractivity contribution in [1.82, 2.24) is 15.1 Å². The molecule has 4 rings (SSSR count). The van der Waals surface area contributed by atoms with Crippen molar-refractivity contribution < 1.29 is 18.4 Å². The summed E-state index contributed by atoms with van der Waals surface area (Å²) in [6.07, 6.45) is 3.66. The van der Waals surface area contributed by atoms with Crippen LogP contribution in [0.3, 0.4) is 0 Å². The van der Waals surface area contributed by atoms with Gasteiger partial charge in [0.25, 0.3) is 11.8 Å². The number of amides is 2. The lowest BCUT2D eigenvalue weighted by Crippen LogP contribution is -2.24. The van der Waals surface area contributed by atoms with E-state index >= 15 is 4.39 Å². The molecule has 1 fully saturated rings. The van der Waals surface area contributed by atoms with Crippen LogP contribution in [0.1, 0.15) is 63.6 Å². The maximum Gasteiger partial charge on any atom is 0.254 e. The molecule has 0 bridgehead atoms. The highest BCUT2D eigenvalue weighted by atomic mass is 19.2. The Balaban J connectivity index is 1.64. The summed E-state index contributed by atoms with van der Waals surface area (Å²) in [7, 11) is 0. The van der Waals surface area contributed by atoms with Gasteiger partial charge in [-0.15, -0.1) is 0 Å². The number of benzene rings is 2. The number of carbonyl (C=O) groups excluding carboxylic acids is 2. The standard InChI is InChI=1S/C24H25F2N5O2/c1-13-6-2-5-9-16(13)24(33)29-12-14-10-11-17(20(26)19(14)25)21-18(23(28)32)22(27)31(30-21)15-7-3-4-8-15/h2,5-6,9-11,15H,3-4,7-8,12,27H2,1H3,(H2,28,32)(H,29,33). The molecule has 1 saturated carbocycles. The van der Waals surface area contributed by atoms with E-state index in [0.29, 0.717) is 5.56 Å². The lowest BCUT2D eigenvalue weighted by molar-refractivity contribution is 0.0948. The minimum atomic E-state index is -1.18. The molecule has 0 radical (unpaired) electrons. The zero-order valence-corrected chi connectivity index (χ0v) is 18.2. The molecule has 3 aromatic rings. The Morgan fingerprint density at radius 3 is 2.48 bits per heavy atom. The number of halogens is 2. The van der Waals surface area contributed by atoms with Gasteiger partial charge < -0.3 is 16.8 Å². The summed E-state index contributed by atoms with van der Waals surface area (Å²) < 4.78 is 31.5. The normalized spacial score (nSPS) is 13.9. The van der Waals surface area contributed by atoms with E-state index < -0.39 is 23.4 Å². The van der Waals surface area contributed by atoms with E-state index in [1.54, 1.807) is 31.2 Å². The summed E-state index contributed by atoms with van der Waals surface area (Å²) in [5.74, 6) is -3.52. The summed E-state index contributed by atoms with van der Waals surface area (Å²) in [5.41, 5.74) is 12.4. The van der Waals surface area contributed by atoms with E-state index in [2.05, 4.69) is 10.4 Å². The van der Waals surface area contributed by atoms with Crippen molar-refractivity contribution in [1.29, 1.82) is 0 Å². The van der Waals surface area contributed by atoms with E-state index in [4.69, 9.17) is 11.5 Å². The fourth-order valence-electron chi connectivity index (χ4n) is 4.31. The first kappa shape index (κ1) is 22.4. The second kappa shape index (κ2) is 9.01. The molecule has 0 atom stereocenters. The van der Waals surface area contributed by atoms with Gasteiger partial charge in [0.1, 0.15) is 17.1 Å². The quantitative estimate of drug-likeness (QED) is 0.525. The molecule has 2 amide bonds. The summed E-state index contributed by atoms with van der Waals surface area (Å²) in [6.45, 7) is 1.58. The molecule has 7 nitrogen and oxygen atoms in total. The van der Waals surface area contributed by atoms with Crippen LogP contribution in [0.25, 0.3) is 11.3 Å². The molecule has 0 unspecified atom stereocenters. The molecule has 172 valence electrons. The zero-order chi connectivity index (χ0) is 23.7. The molecule has 33 heavy (non-hydrogen) atoms. The van der Waals surface area contributed by atoms with Crippen molar-refractivity contribution in [2.45, 2.75) is 45.2 Å². The predicted octanol–water partition coefficient (Wildman–Crippen LogP) is 3.86. The molecule has 9 heteroatoms. The van der Waals surface area contributed by atoms with Gasteiger partial charge in [-0.25, -0.2) is 13.5 Å². The van der Waals surface area contributed by atoms with Gasteiger partial charge in [-0.05, 0) is 37.5 Å². The lowest BCUT2D eigenvalue weighted by atomic mass is 10.0. The number of nitrogens with zero attached hydrogens (tertiary/aromatic N) is 2. The molecular weight excluding hydrogens is 428 g/mol. The van der Waals surface area contributed by atoms with E-state index in [0.717, 1.165) is 31.2 Å². The molecule has 0 saturated heterocycles. The van der Waals surface area contributed by atoms with Crippen LogP contribution in [0.2, 0.25) is 0 Å². The molecule has 1 aliphatic rings. The third kappa shape index (κ3) is 4.18. The Labute approximate surface area is 189 Å². The molecule has 1 aromatic heterocycles. The largest absolute Gasteiger partial charge is 0.383 e. The number of nitrogens with one attached hydrogen (secondary N) is 1. The summed E-state index contributed by atoms with van der Waals surface area (Å²) in [4.78, 5) is 24.5. The van der Waals surface area contributed by atoms with Crippen LogP contribution in [0.15, 0.2) is 36.4 Å². The zero-order valence-electron chi connectivity index (χ0n) is 18.2. The van der Waals surface area contributed by atoms with Crippen LogP contribution in [0.4, 0.5) is 14.6 Å². The van der Waals surface area contributed by atoms with E-state index in [9.17, 15) is 14.0 Å². The Bertz CT molecular complexity index is 1230. The fraction of sp³-hybridized carbons (Fsp3) is 0.292. The van der Waals surface area contributed by atoms with Crippen LogP contribution in [-0.2, 0) is 6.54 Å².